The summed E-state index contributed by atoms with van der Waals surface area (Å²) in [6.07, 6.45) is 1.08. The van der Waals surface area contributed by atoms with E-state index in [9.17, 15) is 14.4 Å². The molecule has 1 saturated heterocycles. The Morgan fingerprint density at radius 3 is 2.71 bits per heavy atom. The predicted octanol–water partition coefficient (Wildman–Crippen LogP) is -1.76. The summed E-state index contributed by atoms with van der Waals surface area (Å²) in [5.41, 5.74) is 5.39. The van der Waals surface area contributed by atoms with Crippen LogP contribution >= 0.6 is 0 Å². The van der Waals surface area contributed by atoms with E-state index in [1.165, 1.54) is 6.92 Å². The summed E-state index contributed by atoms with van der Waals surface area (Å²) in [5, 5.41) is 7.72. The minimum atomic E-state index is -1.25. The summed E-state index contributed by atoms with van der Waals surface area (Å²) < 4.78 is 0. The number of hydrazone groups is 1. The molecule has 0 bridgehead atoms. The highest BCUT2D eigenvalue weighted by molar-refractivity contribution is 6.16. The van der Waals surface area contributed by atoms with Gasteiger partial charge in [-0.2, -0.15) is 5.10 Å². The van der Waals surface area contributed by atoms with E-state index in [1.807, 2.05) is 10.7 Å². The van der Waals surface area contributed by atoms with Crippen molar-refractivity contribution in [3.8, 4) is 0 Å². The fraction of sp³-hybridized carbons (Fsp3) is 0.333. The maximum Gasteiger partial charge on any atom is 0.332 e. The van der Waals surface area contributed by atoms with Crippen molar-refractivity contribution in [2.45, 2.75) is 12.5 Å². The van der Waals surface area contributed by atoms with E-state index in [2.05, 4.69) is 10.4 Å². The van der Waals surface area contributed by atoms with E-state index in [1.54, 1.807) is 0 Å². The summed E-state index contributed by atoms with van der Waals surface area (Å²) >= 11 is 0. The van der Waals surface area contributed by atoms with Crippen molar-refractivity contribution in [3.63, 3.8) is 0 Å². The lowest BCUT2D eigenvalue weighted by atomic mass is 10.1. The molecule has 0 aromatic rings. The van der Waals surface area contributed by atoms with Crippen LogP contribution < -0.4 is 21.8 Å². The van der Waals surface area contributed by atoms with Crippen LogP contribution in [-0.2, 0) is 4.79 Å². The zero-order chi connectivity index (χ0) is 10.8. The third kappa shape index (κ3) is 1.97. The number of hydrogen-bond donors (Lipinski definition) is 4. The first kappa shape index (κ1) is 9.96. The molecule has 1 aliphatic heterocycles. The van der Waals surface area contributed by atoms with Gasteiger partial charge in [0.1, 0.15) is 0 Å². The normalized spacial score (nSPS) is 26.1. The van der Waals surface area contributed by atoms with Crippen LogP contribution in [-0.4, -0.2) is 29.7 Å². The number of nitrogens with zero attached hydrogens (tertiary/aromatic N) is 1. The SMILES string of the molecule is CC1(C=NNC(N)=O)NC(=O)NC1=O. The Morgan fingerprint density at radius 2 is 2.29 bits per heavy atom. The second-order valence-corrected chi connectivity index (χ2v) is 2.84. The quantitative estimate of drug-likeness (QED) is 0.239. The van der Waals surface area contributed by atoms with Gasteiger partial charge in [0.15, 0.2) is 5.54 Å². The molecule has 1 unspecified atom stereocenters. The van der Waals surface area contributed by atoms with Gasteiger partial charge in [0.25, 0.3) is 5.91 Å². The molecule has 0 radical (unpaired) electrons. The minimum Gasteiger partial charge on any atom is -0.350 e. The third-order valence-corrected chi connectivity index (χ3v) is 1.57. The summed E-state index contributed by atoms with van der Waals surface area (Å²) in [6, 6.07) is -1.46. The highest BCUT2D eigenvalue weighted by Gasteiger charge is 2.40. The van der Waals surface area contributed by atoms with Gasteiger partial charge in [-0.25, -0.2) is 15.0 Å². The van der Waals surface area contributed by atoms with Crippen molar-refractivity contribution in [2.24, 2.45) is 10.8 Å². The molecule has 8 heteroatoms. The maximum absolute atomic E-state index is 11.2. The van der Waals surface area contributed by atoms with Crippen molar-refractivity contribution in [1.82, 2.24) is 16.1 Å². The zero-order valence-corrected chi connectivity index (χ0v) is 7.33. The average molecular weight is 199 g/mol. The Morgan fingerprint density at radius 1 is 1.64 bits per heavy atom. The first-order chi connectivity index (χ1) is 6.44. The van der Waals surface area contributed by atoms with E-state index in [0.29, 0.717) is 0 Å². The topological polar surface area (TPSA) is 126 Å². The number of imide groups is 1. The Hall–Kier alpha value is -2.12. The molecule has 1 atom stereocenters. The number of nitrogens with two attached hydrogens (primary N) is 1. The number of urea groups is 2. The lowest BCUT2D eigenvalue weighted by Crippen LogP contribution is -2.46. The molecule has 0 aromatic carbocycles. The molecule has 1 rings (SSSR count). The van der Waals surface area contributed by atoms with Crippen LogP contribution in [0.3, 0.4) is 0 Å². The lowest BCUT2D eigenvalue weighted by molar-refractivity contribution is -0.121. The monoisotopic (exact) mass is 199 g/mol. The molecule has 0 spiro atoms. The van der Waals surface area contributed by atoms with Crippen molar-refractivity contribution in [3.05, 3.63) is 0 Å². The first-order valence-corrected chi connectivity index (χ1v) is 3.67. The lowest BCUT2D eigenvalue weighted by Gasteiger charge is -2.13. The van der Waals surface area contributed by atoms with Crippen LogP contribution in [0.5, 0.6) is 0 Å². The van der Waals surface area contributed by atoms with Crippen LogP contribution in [0, 0.1) is 0 Å². The summed E-state index contributed by atoms with van der Waals surface area (Å²) in [5.74, 6) is -0.544. The third-order valence-electron chi connectivity index (χ3n) is 1.57. The maximum atomic E-state index is 11.2. The van der Waals surface area contributed by atoms with Crippen molar-refractivity contribution in [1.29, 1.82) is 0 Å². The Bertz CT molecular complexity index is 325. The molecule has 0 aliphatic carbocycles. The Labute approximate surface area is 78.9 Å². The summed E-state index contributed by atoms with van der Waals surface area (Å²) in [7, 11) is 0. The standard InChI is InChI=1S/C6H9N5O3/c1-6(2-8-11-4(7)13)3(12)9-5(14)10-6/h2H,1H3,(H3,7,11,13)(H2,9,10,12,14). The molecule has 5 amide bonds. The molecule has 1 aliphatic rings. The van der Waals surface area contributed by atoms with Gasteiger partial charge in [-0.1, -0.05) is 0 Å². The number of rotatable bonds is 2. The molecule has 0 saturated carbocycles. The van der Waals surface area contributed by atoms with Gasteiger partial charge in [-0.05, 0) is 6.92 Å². The van der Waals surface area contributed by atoms with Crippen molar-refractivity contribution < 1.29 is 14.4 Å². The molecular formula is C6H9N5O3. The van der Waals surface area contributed by atoms with Gasteiger partial charge in [0.05, 0.1) is 6.21 Å². The number of hydrogen-bond acceptors (Lipinski definition) is 4. The van der Waals surface area contributed by atoms with Crippen LogP contribution in [0.25, 0.3) is 0 Å². The number of nitrogens with one attached hydrogen (secondary N) is 3. The molecule has 0 aromatic heterocycles. The van der Waals surface area contributed by atoms with Crippen molar-refractivity contribution >= 4 is 24.2 Å². The number of amides is 5. The molecule has 14 heavy (non-hydrogen) atoms. The van der Waals surface area contributed by atoms with Crippen LogP contribution in [0.2, 0.25) is 0 Å². The highest BCUT2D eigenvalue weighted by Crippen LogP contribution is 2.05. The van der Waals surface area contributed by atoms with Gasteiger partial charge in [0.2, 0.25) is 0 Å². The smallest absolute Gasteiger partial charge is 0.332 e. The predicted molar refractivity (Wildman–Crippen MR) is 46.3 cm³/mol. The molecule has 8 nitrogen and oxygen atoms in total. The van der Waals surface area contributed by atoms with Gasteiger partial charge < -0.3 is 11.1 Å². The first-order valence-electron chi connectivity index (χ1n) is 3.67. The fourth-order valence-electron chi connectivity index (χ4n) is 0.873. The van der Waals surface area contributed by atoms with E-state index in [0.717, 1.165) is 6.21 Å². The van der Waals surface area contributed by atoms with Crippen molar-refractivity contribution in [2.75, 3.05) is 0 Å². The zero-order valence-electron chi connectivity index (χ0n) is 7.33. The van der Waals surface area contributed by atoms with Gasteiger partial charge in [-0.3, -0.25) is 10.1 Å². The van der Waals surface area contributed by atoms with Crippen LogP contribution in [0.15, 0.2) is 5.10 Å². The number of primary amides is 1. The van der Waals surface area contributed by atoms with Crippen LogP contribution in [0.1, 0.15) is 6.92 Å². The van der Waals surface area contributed by atoms with Gasteiger partial charge in [0, 0.05) is 0 Å². The van der Waals surface area contributed by atoms with Crippen LogP contribution in [0.4, 0.5) is 9.59 Å². The van der Waals surface area contributed by atoms with Gasteiger partial charge >= 0.3 is 12.1 Å². The Balaban J connectivity index is 2.67. The average Bonchev–Trinajstić information content (AvgIpc) is 2.25. The highest BCUT2D eigenvalue weighted by atomic mass is 16.2. The van der Waals surface area contributed by atoms with E-state index in [4.69, 9.17) is 5.73 Å². The Kier molecular flexibility index (Phi) is 2.36. The molecule has 5 N–H and O–H groups in total. The fourth-order valence-corrected chi connectivity index (χ4v) is 0.873. The van der Waals surface area contributed by atoms with E-state index in [-0.39, 0.29) is 0 Å². The van der Waals surface area contributed by atoms with E-state index >= 15 is 0 Å². The number of carbonyl (C=O) groups excluding carboxylic acids is 3. The second-order valence-electron chi connectivity index (χ2n) is 2.84. The largest absolute Gasteiger partial charge is 0.350 e. The summed E-state index contributed by atoms with van der Waals surface area (Å²) in [4.78, 5) is 32.1. The van der Waals surface area contributed by atoms with Gasteiger partial charge in [-0.15, -0.1) is 0 Å². The van der Waals surface area contributed by atoms with E-state index < -0.39 is 23.5 Å². The molecule has 1 heterocycles. The number of carbonyl (C=O) groups is 3. The molecule has 76 valence electrons. The minimum absolute atomic E-state index is 0.544. The summed E-state index contributed by atoms with van der Waals surface area (Å²) in [6.45, 7) is 1.43. The second kappa shape index (κ2) is 3.32. The molecule has 1 fully saturated rings. The molecular weight excluding hydrogens is 190 g/mol.